The Balaban J connectivity index is 2.18. The number of hydrogen-bond acceptors (Lipinski definition) is 3. The van der Waals surface area contributed by atoms with Crippen LogP contribution in [0.2, 0.25) is 0 Å². The fraction of sp³-hybridized carbons (Fsp3) is 0.385. The van der Waals surface area contributed by atoms with E-state index in [0.29, 0.717) is 6.61 Å². The van der Waals surface area contributed by atoms with Crippen LogP contribution in [0.5, 0.6) is 0 Å². The van der Waals surface area contributed by atoms with Crippen LogP contribution >= 0.6 is 0 Å². The van der Waals surface area contributed by atoms with E-state index in [2.05, 4.69) is 10.8 Å². The highest BCUT2D eigenvalue weighted by Crippen LogP contribution is 1.98. The van der Waals surface area contributed by atoms with Gasteiger partial charge in [-0.3, -0.25) is 14.4 Å². The molecule has 0 aliphatic heterocycles. The summed E-state index contributed by atoms with van der Waals surface area (Å²) in [5.41, 5.74) is 3.44. The molecule has 1 atom stereocenters. The van der Waals surface area contributed by atoms with Crippen molar-refractivity contribution in [2.45, 2.75) is 26.3 Å². The molecule has 0 saturated carbocycles. The topological polar surface area (TPSA) is 67.4 Å². The third kappa shape index (κ3) is 5.45. The van der Waals surface area contributed by atoms with Gasteiger partial charge in [-0.05, 0) is 18.9 Å². The highest BCUT2D eigenvalue weighted by atomic mass is 16.6. The Hall–Kier alpha value is -1.88. The van der Waals surface area contributed by atoms with Crippen molar-refractivity contribution in [3.05, 3.63) is 35.9 Å². The van der Waals surface area contributed by atoms with E-state index in [4.69, 9.17) is 4.84 Å². The molecule has 0 aliphatic rings. The minimum Gasteiger partial charge on any atom is -0.345 e. The van der Waals surface area contributed by atoms with Crippen LogP contribution in [0.4, 0.5) is 0 Å². The molecule has 1 aromatic carbocycles. The van der Waals surface area contributed by atoms with Gasteiger partial charge in [0.25, 0.3) is 5.91 Å². The van der Waals surface area contributed by atoms with Crippen molar-refractivity contribution in [1.29, 1.82) is 0 Å². The zero-order valence-corrected chi connectivity index (χ0v) is 10.6. The van der Waals surface area contributed by atoms with Crippen molar-refractivity contribution in [2.75, 3.05) is 6.61 Å². The summed E-state index contributed by atoms with van der Waals surface area (Å²) in [5, 5.41) is 2.47. The molecule has 98 valence electrons. The lowest BCUT2D eigenvalue weighted by Gasteiger charge is -2.12. The quantitative estimate of drug-likeness (QED) is 0.579. The average Bonchev–Trinajstić information content (AvgIpc) is 2.34. The second-order valence-electron chi connectivity index (χ2n) is 3.97. The van der Waals surface area contributed by atoms with Crippen molar-refractivity contribution in [1.82, 2.24) is 10.8 Å². The van der Waals surface area contributed by atoms with E-state index < -0.39 is 6.04 Å². The van der Waals surface area contributed by atoms with Crippen LogP contribution in [0.1, 0.15) is 19.4 Å². The molecule has 5 nitrogen and oxygen atoms in total. The SMILES string of the molecule is CC(=O)N[C@H](C)C(=O)NOCCc1ccccc1. The van der Waals surface area contributed by atoms with Gasteiger partial charge in [-0.15, -0.1) is 0 Å². The first kappa shape index (κ1) is 14.2. The van der Waals surface area contributed by atoms with Crippen molar-refractivity contribution >= 4 is 11.8 Å². The molecule has 18 heavy (non-hydrogen) atoms. The molecule has 0 radical (unpaired) electrons. The molecule has 0 fully saturated rings. The third-order valence-corrected chi connectivity index (χ3v) is 2.32. The molecule has 0 unspecified atom stereocenters. The van der Waals surface area contributed by atoms with Gasteiger partial charge < -0.3 is 5.32 Å². The molecule has 0 aromatic heterocycles. The molecule has 0 aliphatic carbocycles. The van der Waals surface area contributed by atoms with Crippen molar-refractivity contribution in [2.24, 2.45) is 0 Å². The molecule has 2 N–H and O–H groups in total. The first-order valence-corrected chi connectivity index (χ1v) is 5.82. The molecular formula is C13H18N2O3. The second kappa shape index (κ2) is 7.45. The molecule has 1 aromatic rings. The Morgan fingerprint density at radius 2 is 1.94 bits per heavy atom. The van der Waals surface area contributed by atoms with Crippen LogP contribution in [0.3, 0.4) is 0 Å². The summed E-state index contributed by atoms with van der Waals surface area (Å²) in [5.74, 6) is -0.611. The maximum Gasteiger partial charge on any atom is 0.265 e. The maximum absolute atomic E-state index is 11.4. The smallest absolute Gasteiger partial charge is 0.265 e. The number of benzene rings is 1. The number of hydrogen-bond donors (Lipinski definition) is 2. The third-order valence-electron chi connectivity index (χ3n) is 2.32. The molecule has 0 saturated heterocycles. The van der Waals surface area contributed by atoms with Gasteiger partial charge in [0.15, 0.2) is 0 Å². The summed E-state index contributed by atoms with van der Waals surface area (Å²) in [4.78, 5) is 27.2. The zero-order chi connectivity index (χ0) is 13.4. The molecule has 5 heteroatoms. The average molecular weight is 250 g/mol. The number of carbonyl (C=O) groups is 2. The van der Waals surface area contributed by atoms with Gasteiger partial charge in [0, 0.05) is 6.92 Å². The molecule has 0 bridgehead atoms. The zero-order valence-electron chi connectivity index (χ0n) is 10.6. The Labute approximate surface area is 106 Å². The first-order valence-electron chi connectivity index (χ1n) is 5.82. The van der Waals surface area contributed by atoms with Gasteiger partial charge in [0.1, 0.15) is 6.04 Å². The summed E-state index contributed by atoms with van der Waals surface area (Å²) in [6, 6.07) is 9.23. The van der Waals surface area contributed by atoms with Crippen molar-refractivity contribution in [3.8, 4) is 0 Å². The lowest BCUT2D eigenvalue weighted by atomic mass is 10.2. The maximum atomic E-state index is 11.4. The molecule has 0 heterocycles. The highest BCUT2D eigenvalue weighted by molar-refractivity contribution is 5.85. The minimum atomic E-state index is -0.598. The van der Waals surface area contributed by atoms with Crippen LogP contribution in [-0.2, 0) is 20.8 Å². The molecule has 0 spiro atoms. The lowest BCUT2D eigenvalue weighted by molar-refractivity contribution is -0.137. The van der Waals surface area contributed by atoms with E-state index in [1.54, 1.807) is 6.92 Å². The predicted octanol–water partition coefficient (Wildman–Crippen LogP) is 0.802. The van der Waals surface area contributed by atoms with Gasteiger partial charge in [0.2, 0.25) is 5.91 Å². The van der Waals surface area contributed by atoms with Crippen molar-refractivity contribution in [3.63, 3.8) is 0 Å². The fourth-order valence-electron chi connectivity index (χ4n) is 1.39. The number of hydroxylamine groups is 1. The number of amides is 2. The number of rotatable bonds is 6. The Morgan fingerprint density at radius 3 is 2.56 bits per heavy atom. The van der Waals surface area contributed by atoms with E-state index in [0.717, 1.165) is 12.0 Å². The van der Waals surface area contributed by atoms with E-state index in [9.17, 15) is 9.59 Å². The van der Waals surface area contributed by atoms with Gasteiger partial charge in [-0.1, -0.05) is 30.3 Å². The van der Waals surface area contributed by atoms with Gasteiger partial charge in [-0.25, -0.2) is 5.48 Å². The Bertz CT molecular complexity index is 392. The first-order chi connectivity index (χ1) is 8.59. The van der Waals surface area contributed by atoms with Gasteiger partial charge >= 0.3 is 0 Å². The molecule has 1 rings (SSSR count). The number of carbonyl (C=O) groups excluding carboxylic acids is 2. The van der Waals surface area contributed by atoms with Crippen LogP contribution in [0.15, 0.2) is 30.3 Å². The van der Waals surface area contributed by atoms with Crippen LogP contribution in [0.25, 0.3) is 0 Å². The molecule has 2 amide bonds. The lowest BCUT2D eigenvalue weighted by Crippen LogP contribution is -2.44. The minimum absolute atomic E-state index is 0.248. The van der Waals surface area contributed by atoms with E-state index in [1.807, 2.05) is 30.3 Å². The Kier molecular flexibility index (Phi) is 5.87. The van der Waals surface area contributed by atoms with E-state index >= 15 is 0 Å². The summed E-state index contributed by atoms with van der Waals surface area (Å²) in [6.07, 6.45) is 0.718. The van der Waals surface area contributed by atoms with Gasteiger partial charge in [0.05, 0.1) is 6.61 Å². The van der Waals surface area contributed by atoms with Crippen LogP contribution < -0.4 is 10.8 Å². The van der Waals surface area contributed by atoms with E-state index in [1.165, 1.54) is 6.92 Å². The Morgan fingerprint density at radius 1 is 1.28 bits per heavy atom. The van der Waals surface area contributed by atoms with E-state index in [-0.39, 0.29) is 11.8 Å². The summed E-state index contributed by atoms with van der Waals surface area (Å²) >= 11 is 0. The largest absolute Gasteiger partial charge is 0.345 e. The number of nitrogens with one attached hydrogen (secondary N) is 2. The summed E-state index contributed by atoms with van der Waals surface area (Å²) in [7, 11) is 0. The predicted molar refractivity (Wildman–Crippen MR) is 67.5 cm³/mol. The molecular weight excluding hydrogens is 232 g/mol. The normalized spacial score (nSPS) is 11.7. The van der Waals surface area contributed by atoms with Crippen LogP contribution in [0, 0.1) is 0 Å². The van der Waals surface area contributed by atoms with Crippen LogP contribution in [-0.4, -0.2) is 24.5 Å². The standard InChI is InChI=1S/C13H18N2O3/c1-10(14-11(2)16)13(17)15-18-9-8-12-6-4-3-5-7-12/h3-7,10H,8-9H2,1-2H3,(H,14,16)(H,15,17)/t10-/m1/s1. The highest BCUT2D eigenvalue weighted by Gasteiger charge is 2.12. The summed E-state index contributed by atoms with van der Waals surface area (Å²) in [6.45, 7) is 3.35. The van der Waals surface area contributed by atoms with Gasteiger partial charge in [-0.2, -0.15) is 0 Å². The monoisotopic (exact) mass is 250 g/mol. The summed E-state index contributed by atoms with van der Waals surface area (Å²) < 4.78 is 0. The van der Waals surface area contributed by atoms with Crippen molar-refractivity contribution < 1.29 is 14.4 Å². The second-order valence-corrected chi connectivity index (χ2v) is 3.97. The fourth-order valence-corrected chi connectivity index (χ4v) is 1.39.